The number of nitrogens with zero attached hydrogens (tertiary/aromatic N) is 2. The smallest absolute Gasteiger partial charge is 0.0695 e. The highest BCUT2D eigenvalue weighted by atomic mass is 16.3. The molecule has 2 fully saturated rings. The largest absolute Gasteiger partial charge is 0.391 e. The van der Waals surface area contributed by atoms with Crippen molar-refractivity contribution in [3.8, 4) is 0 Å². The number of aliphatic hydroxyl groups excluding tert-OH is 1. The molecule has 3 heteroatoms. The van der Waals surface area contributed by atoms with Gasteiger partial charge in [0.15, 0.2) is 0 Å². The van der Waals surface area contributed by atoms with Crippen molar-refractivity contribution < 1.29 is 5.11 Å². The molecule has 3 atom stereocenters. The average Bonchev–Trinajstić information content (AvgIpc) is 2.39. The summed E-state index contributed by atoms with van der Waals surface area (Å²) in [6, 6.07) is 0.427. The summed E-state index contributed by atoms with van der Waals surface area (Å²) in [5, 5.41) is 10.4. The first kappa shape index (κ1) is 16.3. The zero-order chi connectivity index (χ0) is 14.7. The van der Waals surface area contributed by atoms with E-state index in [0.29, 0.717) is 6.04 Å². The second-order valence-electron chi connectivity index (χ2n) is 7.69. The summed E-state index contributed by atoms with van der Waals surface area (Å²) < 4.78 is 0. The van der Waals surface area contributed by atoms with E-state index in [1.165, 1.54) is 45.3 Å². The maximum Gasteiger partial charge on any atom is 0.0695 e. The maximum atomic E-state index is 10.4. The van der Waals surface area contributed by atoms with E-state index in [9.17, 15) is 5.11 Å². The Balaban J connectivity index is 1.85. The van der Waals surface area contributed by atoms with Crippen molar-refractivity contribution >= 4 is 0 Å². The first-order valence-electron chi connectivity index (χ1n) is 8.54. The number of aliphatic hydroxyl groups is 1. The van der Waals surface area contributed by atoms with E-state index >= 15 is 0 Å². The van der Waals surface area contributed by atoms with Gasteiger partial charge >= 0.3 is 0 Å². The monoisotopic (exact) mass is 282 g/mol. The zero-order valence-corrected chi connectivity index (χ0v) is 13.9. The molecule has 0 radical (unpaired) electrons. The van der Waals surface area contributed by atoms with Crippen molar-refractivity contribution in [2.75, 3.05) is 33.7 Å². The molecule has 0 amide bonds. The minimum atomic E-state index is -0.0876. The van der Waals surface area contributed by atoms with Gasteiger partial charge < -0.3 is 10.0 Å². The second kappa shape index (κ2) is 7.24. The van der Waals surface area contributed by atoms with E-state index in [-0.39, 0.29) is 6.10 Å². The summed E-state index contributed by atoms with van der Waals surface area (Å²) in [4.78, 5) is 4.90. The molecule has 2 aliphatic rings. The molecule has 1 N–H and O–H groups in total. The van der Waals surface area contributed by atoms with Crippen LogP contribution in [0.5, 0.6) is 0 Å². The normalized spacial score (nSPS) is 34.0. The minimum Gasteiger partial charge on any atom is -0.391 e. The Morgan fingerprint density at radius 1 is 1.10 bits per heavy atom. The van der Waals surface area contributed by atoms with Crippen molar-refractivity contribution in [3.05, 3.63) is 0 Å². The third-order valence-electron chi connectivity index (χ3n) is 5.51. The number of piperidine rings is 1. The highest BCUT2D eigenvalue weighted by molar-refractivity contribution is 4.89. The summed E-state index contributed by atoms with van der Waals surface area (Å²) in [5.41, 5.74) is 0. The topological polar surface area (TPSA) is 26.7 Å². The lowest BCUT2D eigenvalue weighted by atomic mass is 9.77. The van der Waals surface area contributed by atoms with Crippen LogP contribution in [0, 0.1) is 17.8 Å². The molecule has 1 saturated heterocycles. The Morgan fingerprint density at radius 3 is 2.30 bits per heavy atom. The number of hydrogen-bond donors (Lipinski definition) is 1. The fraction of sp³-hybridized carbons (Fsp3) is 1.00. The third kappa shape index (κ3) is 4.19. The van der Waals surface area contributed by atoms with Gasteiger partial charge in [-0.05, 0) is 77.0 Å². The summed E-state index contributed by atoms with van der Waals surface area (Å²) in [6.07, 6.45) is 5.94. The quantitative estimate of drug-likeness (QED) is 0.858. The fourth-order valence-electron chi connectivity index (χ4n) is 4.14. The Hall–Kier alpha value is -0.120. The Bertz CT molecular complexity index is 285. The van der Waals surface area contributed by atoms with Gasteiger partial charge in [0.25, 0.3) is 0 Å². The van der Waals surface area contributed by atoms with Crippen LogP contribution >= 0.6 is 0 Å². The lowest BCUT2D eigenvalue weighted by molar-refractivity contribution is -0.0186. The first-order chi connectivity index (χ1) is 9.47. The van der Waals surface area contributed by atoms with Gasteiger partial charge in [-0.25, -0.2) is 0 Å². The summed E-state index contributed by atoms with van der Waals surface area (Å²) in [5.74, 6) is 2.42. The number of likely N-dealkylation sites (tertiary alicyclic amines) is 1. The van der Waals surface area contributed by atoms with Gasteiger partial charge in [0.1, 0.15) is 0 Å². The van der Waals surface area contributed by atoms with Gasteiger partial charge in [-0.1, -0.05) is 13.8 Å². The summed E-state index contributed by atoms with van der Waals surface area (Å²) >= 11 is 0. The highest BCUT2D eigenvalue weighted by Gasteiger charge is 2.35. The lowest BCUT2D eigenvalue weighted by Crippen LogP contribution is -2.51. The van der Waals surface area contributed by atoms with Crippen LogP contribution in [0.15, 0.2) is 0 Å². The van der Waals surface area contributed by atoms with Gasteiger partial charge in [-0.15, -0.1) is 0 Å². The first-order valence-corrected chi connectivity index (χ1v) is 8.54. The standard InChI is InChI=1S/C17H34N2O/c1-13(2)15-5-6-17(20)16(11-15)19-9-7-14(8-10-19)12-18(3)4/h13-17,20H,5-12H2,1-4H3. The molecule has 1 aliphatic heterocycles. The van der Waals surface area contributed by atoms with Crippen LogP contribution in [0.2, 0.25) is 0 Å². The Morgan fingerprint density at radius 2 is 1.75 bits per heavy atom. The van der Waals surface area contributed by atoms with Gasteiger partial charge in [0.05, 0.1) is 6.10 Å². The molecule has 0 aromatic rings. The van der Waals surface area contributed by atoms with E-state index in [0.717, 1.165) is 24.2 Å². The van der Waals surface area contributed by atoms with E-state index in [1.807, 2.05) is 0 Å². The molecule has 0 aromatic carbocycles. The van der Waals surface area contributed by atoms with Crippen molar-refractivity contribution in [3.63, 3.8) is 0 Å². The molecule has 118 valence electrons. The molecule has 0 bridgehead atoms. The van der Waals surface area contributed by atoms with E-state index in [2.05, 4.69) is 37.7 Å². The molecule has 0 aromatic heterocycles. The van der Waals surface area contributed by atoms with E-state index in [4.69, 9.17) is 0 Å². The van der Waals surface area contributed by atoms with Crippen LogP contribution in [-0.2, 0) is 0 Å². The summed E-state index contributed by atoms with van der Waals surface area (Å²) in [7, 11) is 4.34. The van der Waals surface area contributed by atoms with Crippen LogP contribution in [-0.4, -0.2) is 60.8 Å². The molecule has 20 heavy (non-hydrogen) atoms. The molecule has 1 heterocycles. The molecule has 2 rings (SSSR count). The predicted molar refractivity (Wildman–Crippen MR) is 84.8 cm³/mol. The number of hydrogen-bond acceptors (Lipinski definition) is 3. The van der Waals surface area contributed by atoms with Crippen LogP contribution < -0.4 is 0 Å². The Kier molecular flexibility index (Phi) is 5.88. The molecule has 3 nitrogen and oxygen atoms in total. The molecular weight excluding hydrogens is 248 g/mol. The van der Waals surface area contributed by atoms with Gasteiger partial charge in [-0.3, -0.25) is 4.90 Å². The van der Waals surface area contributed by atoms with Crippen LogP contribution in [0.4, 0.5) is 0 Å². The second-order valence-corrected chi connectivity index (χ2v) is 7.69. The SMILES string of the molecule is CC(C)C1CCC(O)C(N2CCC(CN(C)C)CC2)C1. The number of rotatable bonds is 4. The molecule has 0 spiro atoms. The van der Waals surface area contributed by atoms with Crippen molar-refractivity contribution in [2.24, 2.45) is 17.8 Å². The van der Waals surface area contributed by atoms with Crippen LogP contribution in [0.1, 0.15) is 46.0 Å². The average molecular weight is 282 g/mol. The highest BCUT2D eigenvalue weighted by Crippen LogP contribution is 2.34. The molecule has 1 saturated carbocycles. The molecular formula is C17H34N2O. The van der Waals surface area contributed by atoms with Gasteiger partial charge in [-0.2, -0.15) is 0 Å². The maximum absolute atomic E-state index is 10.4. The zero-order valence-electron chi connectivity index (χ0n) is 13.9. The van der Waals surface area contributed by atoms with Crippen molar-refractivity contribution in [1.29, 1.82) is 0 Å². The lowest BCUT2D eigenvalue weighted by Gasteiger charge is -2.44. The van der Waals surface area contributed by atoms with Crippen molar-refractivity contribution in [1.82, 2.24) is 9.80 Å². The summed E-state index contributed by atoms with van der Waals surface area (Å²) in [6.45, 7) is 8.26. The predicted octanol–water partition coefficient (Wildman–Crippen LogP) is 2.45. The molecule has 3 unspecified atom stereocenters. The van der Waals surface area contributed by atoms with E-state index in [1.54, 1.807) is 0 Å². The van der Waals surface area contributed by atoms with Gasteiger partial charge in [0.2, 0.25) is 0 Å². The minimum absolute atomic E-state index is 0.0876. The Labute approximate surface area is 125 Å². The fourth-order valence-corrected chi connectivity index (χ4v) is 4.14. The van der Waals surface area contributed by atoms with Gasteiger partial charge in [0, 0.05) is 12.6 Å². The van der Waals surface area contributed by atoms with Crippen molar-refractivity contribution in [2.45, 2.75) is 58.1 Å². The van der Waals surface area contributed by atoms with Crippen LogP contribution in [0.3, 0.4) is 0 Å². The third-order valence-corrected chi connectivity index (χ3v) is 5.51. The van der Waals surface area contributed by atoms with Crippen LogP contribution in [0.25, 0.3) is 0 Å². The molecule has 1 aliphatic carbocycles. The van der Waals surface area contributed by atoms with E-state index < -0.39 is 0 Å².